The number of nitrogens with one attached hydrogen (secondary N) is 1. The van der Waals surface area contributed by atoms with Crippen molar-refractivity contribution in [3.63, 3.8) is 0 Å². The van der Waals surface area contributed by atoms with Crippen molar-refractivity contribution < 1.29 is 4.79 Å². The van der Waals surface area contributed by atoms with Gasteiger partial charge in [-0.15, -0.1) is 0 Å². The van der Waals surface area contributed by atoms with Gasteiger partial charge in [0.05, 0.1) is 0 Å². The van der Waals surface area contributed by atoms with Gasteiger partial charge in [-0.3, -0.25) is 4.79 Å². The Labute approximate surface area is 106 Å². The summed E-state index contributed by atoms with van der Waals surface area (Å²) in [6.07, 6.45) is 5.23. The first-order valence-corrected chi connectivity index (χ1v) is 7.19. The van der Waals surface area contributed by atoms with Gasteiger partial charge in [0, 0.05) is 25.6 Å². The molecule has 1 aliphatic rings. The third-order valence-electron chi connectivity index (χ3n) is 3.72. The van der Waals surface area contributed by atoms with Gasteiger partial charge in [-0.05, 0) is 31.7 Å². The Kier molecular flexibility index (Phi) is 6.56. The van der Waals surface area contributed by atoms with E-state index in [1.807, 2.05) is 0 Å². The number of carbonyl (C=O) groups is 1. The van der Waals surface area contributed by atoms with Crippen LogP contribution in [0.4, 0.5) is 0 Å². The summed E-state index contributed by atoms with van der Waals surface area (Å²) in [6, 6.07) is 0.431. The van der Waals surface area contributed by atoms with Crippen molar-refractivity contribution in [1.29, 1.82) is 0 Å². The molecule has 1 aliphatic heterocycles. The highest BCUT2D eigenvalue weighted by atomic mass is 16.2. The van der Waals surface area contributed by atoms with E-state index in [1.54, 1.807) is 0 Å². The lowest BCUT2D eigenvalue weighted by atomic mass is 10.0. The highest BCUT2D eigenvalue weighted by molar-refractivity contribution is 5.76. The van der Waals surface area contributed by atoms with E-state index in [9.17, 15) is 4.79 Å². The minimum absolute atomic E-state index is 0.356. The molecule has 0 saturated carbocycles. The minimum atomic E-state index is 0.356. The van der Waals surface area contributed by atoms with Crippen molar-refractivity contribution in [2.75, 3.05) is 19.6 Å². The molecule has 2 atom stereocenters. The van der Waals surface area contributed by atoms with E-state index in [2.05, 4.69) is 31.0 Å². The summed E-state index contributed by atoms with van der Waals surface area (Å²) in [5.74, 6) is 0.869. The molecule has 0 aromatic heterocycles. The van der Waals surface area contributed by atoms with Gasteiger partial charge in [0.25, 0.3) is 0 Å². The summed E-state index contributed by atoms with van der Waals surface area (Å²) in [4.78, 5) is 14.4. The molecule has 3 nitrogen and oxygen atoms in total. The summed E-state index contributed by atoms with van der Waals surface area (Å²) in [5.41, 5.74) is 0. The van der Waals surface area contributed by atoms with E-state index in [-0.39, 0.29) is 0 Å². The largest absolute Gasteiger partial charge is 0.338 e. The van der Waals surface area contributed by atoms with Crippen molar-refractivity contribution in [1.82, 2.24) is 10.2 Å². The maximum absolute atomic E-state index is 12.3. The maximum atomic E-state index is 12.3. The third-order valence-corrected chi connectivity index (χ3v) is 3.72. The number of rotatable bonds is 6. The zero-order valence-corrected chi connectivity index (χ0v) is 11.7. The van der Waals surface area contributed by atoms with Crippen molar-refractivity contribution in [3.8, 4) is 0 Å². The van der Waals surface area contributed by atoms with E-state index >= 15 is 0 Å². The van der Waals surface area contributed by atoms with Gasteiger partial charge in [0.15, 0.2) is 0 Å². The van der Waals surface area contributed by atoms with Crippen LogP contribution < -0.4 is 5.32 Å². The Morgan fingerprint density at radius 2 is 2.24 bits per heavy atom. The van der Waals surface area contributed by atoms with Gasteiger partial charge in [-0.1, -0.05) is 27.2 Å². The van der Waals surface area contributed by atoms with Crippen LogP contribution in [0.2, 0.25) is 0 Å². The van der Waals surface area contributed by atoms with Gasteiger partial charge >= 0.3 is 0 Å². The highest BCUT2D eigenvalue weighted by Gasteiger charge is 2.25. The van der Waals surface area contributed by atoms with Crippen molar-refractivity contribution >= 4 is 5.91 Å². The van der Waals surface area contributed by atoms with E-state index < -0.39 is 0 Å². The highest BCUT2D eigenvalue weighted by Crippen LogP contribution is 2.16. The summed E-state index contributed by atoms with van der Waals surface area (Å²) < 4.78 is 0. The smallest absolute Gasteiger partial charge is 0.223 e. The topological polar surface area (TPSA) is 32.3 Å². The molecule has 1 amide bonds. The average molecular weight is 240 g/mol. The first kappa shape index (κ1) is 14.5. The van der Waals surface area contributed by atoms with E-state index in [0.29, 0.717) is 24.3 Å². The maximum Gasteiger partial charge on any atom is 0.223 e. The number of carbonyl (C=O) groups excluding carboxylic acids is 1. The van der Waals surface area contributed by atoms with Crippen molar-refractivity contribution in [3.05, 3.63) is 0 Å². The summed E-state index contributed by atoms with van der Waals surface area (Å²) in [7, 11) is 0. The molecule has 0 radical (unpaired) electrons. The molecule has 0 bridgehead atoms. The fourth-order valence-corrected chi connectivity index (χ4v) is 2.41. The molecular formula is C14H28N2O. The Bertz CT molecular complexity index is 224. The van der Waals surface area contributed by atoms with E-state index in [4.69, 9.17) is 0 Å². The molecule has 17 heavy (non-hydrogen) atoms. The molecule has 2 unspecified atom stereocenters. The Morgan fingerprint density at radius 3 is 2.76 bits per heavy atom. The van der Waals surface area contributed by atoms with Gasteiger partial charge in [0.2, 0.25) is 5.91 Å². The van der Waals surface area contributed by atoms with Gasteiger partial charge < -0.3 is 10.2 Å². The first-order chi connectivity index (χ1) is 8.19. The molecular weight excluding hydrogens is 212 g/mol. The predicted molar refractivity (Wildman–Crippen MR) is 72.0 cm³/mol. The molecule has 1 N–H and O–H groups in total. The molecule has 1 saturated heterocycles. The van der Waals surface area contributed by atoms with Gasteiger partial charge in [-0.25, -0.2) is 0 Å². The number of hydrogen-bond donors (Lipinski definition) is 1. The van der Waals surface area contributed by atoms with Crippen molar-refractivity contribution in [2.24, 2.45) is 5.92 Å². The lowest BCUT2D eigenvalue weighted by Crippen LogP contribution is -2.49. The Balaban J connectivity index is 2.53. The van der Waals surface area contributed by atoms with Crippen LogP contribution in [0.25, 0.3) is 0 Å². The summed E-state index contributed by atoms with van der Waals surface area (Å²) in [5, 5.41) is 3.40. The fourth-order valence-electron chi connectivity index (χ4n) is 2.41. The number of nitrogens with zero attached hydrogens (tertiary/aromatic N) is 1. The normalized spacial score (nSPS) is 22.2. The number of hydrogen-bond acceptors (Lipinski definition) is 2. The van der Waals surface area contributed by atoms with Crippen LogP contribution in [0, 0.1) is 5.92 Å². The van der Waals surface area contributed by atoms with Crippen LogP contribution in [0.5, 0.6) is 0 Å². The fraction of sp³-hybridized carbons (Fsp3) is 0.929. The van der Waals surface area contributed by atoms with E-state index in [1.165, 1.54) is 12.8 Å². The lowest BCUT2D eigenvalue weighted by Gasteiger charge is -2.35. The van der Waals surface area contributed by atoms with Crippen molar-refractivity contribution in [2.45, 2.75) is 58.9 Å². The Hall–Kier alpha value is -0.570. The second-order valence-corrected chi connectivity index (χ2v) is 5.30. The van der Waals surface area contributed by atoms with Crippen LogP contribution in [0.3, 0.4) is 0 Å². The molecule has 0 aromatic rings. The van der Waals surface area contributed by atoms with E-state index in [0.717, 1.165) is 32.5 Å². The molecule has 1 rings (SSSR count). The molecule has 1 heterocycles. The SMILES string of the molecule is CCCN(C(=O)CC(C)CC)C1CCCNC1. The second-order valence-electron chi connectivity index (χ2n) is 5.30. The number of piperidine rings is 1. The zero-order chi connectivity index (χ0) is 12.7. The monoisotopic (exact) mass is 240 g/mol. The molecule has 1 fully saturated rings. The van der Waals surface area contributed by atoms with Crippen LogP contribution >= 0.6 is 0 Å². The lowest BCUT2D eigenvalue weighted by molar-refractivity contribution is -0.134. The third kappa shape index (κ3) is 4.66. The standard InChI is InChI=1S/C14H28N2O/c1-4-9-16(13-7-6-8-15-11-13)14(17)10-12(3)5-2/h12-13,15H,4-11H2,1-3H3. The van der Waals surface area contributed by atoms with Gasteiger partial charge in [-0.2, -0.15) is 0 Å². The average Bonchev–Trinajstić information content (AvgIpc) is 2.36. The van der Waals surface area contributed by atoms with Crippen LogP contribution in [-0.4, -0.2) is 36.5 Å². The molecule has 0 spiro atoms. The van der Waals surface area contributed by atoms with Crippen LogP contribution in [0.1, 0.15) is 52.9 Å². The van der Waals surface area contributed by atoms with Crippen LogP contribution in [0.15, 0.2) is 0 Å². The Morgan fingerprint density at radius 1 is 1.47 bits per heavy atom. The summed E-state index contributed by atoms with van der Waals surface area (Å²) in [6.45, 7) is 9.48. The zero-order valence-electron chi connectivity index (χ0n) is 11.7. The molecule has 0 aliphatic carbocycles. The number of amides is 1. The summed E-state index contributed by atoms with van der Waals surface area (Å²) >= 11 is 0. The van der Waals surface area contributed by atoms with Gasteiger partial charge in [0.1, 0.15) is 0 Å². The van der Waals surface area contributed by atoms with Crippen LogP contribution in [-0.2, 0) is 4.79 Å². The minimum Gasteiger partial charge on any atom is -0.338 e. The first-order valence-electron chi connectivity index (χ1n) is 7.19. The predicted octanol–water partition coefficient (Wildman–Crippen LogP) is 2.41. The molecule has 100 valence electrons. The molecule has 0 aromatic carbocycles. The quantitative estimate of drug-likeness (QED) is 0.773. The second kappa shape index (κ2) is 7.70. The molecule has 3 heteroatoms.